The van der Waals surface area contributed by atoms with E-state index in [2.05, 4.69) is 18.4 Å². The third kappa shape index (κ3) is 2.73. The van der Waals surface area contributed by atoms with Crippen LogP contribution in [0.5, 0.6) is 0 Å². The number of pyridine rings is 1. The highest BCUT2D eigenvalue weighted by molar-refractivity contribution is 7.21. The van der Waals surface area contributed by atoms with Crippen LogP contribution in [0.4, 0.5) is 5.69 Å². The van der Waals surface area contributed by atoms with Gasteiger partial charge in [-0.1, -0.05) is 12.8 Å². The molecule has 4 nitrogen and oxygen atoms in total. The maximum absolute atomic E-state index is 11.8. The summed E-state index contributed by atoms with van der Waals surface area (Å²) in [4.78, 5) is 19.2. The van der Waals surface area contributed by atoms with Gasteiger partial charge in [-0.15, -0.1) is 22.7 Å². The lowest BCUT2D eigenvalue weighted by Crippen LogP contribution is -2.10. The summed E-state index contributed by atoms with van der Waals surface area (Å²) in [6, 6.07) is 2.14. The normalized spacial score (nSPS) is 14.9. The van der Waals surface area contributed by atoms with Gasteiger partial charge in [0, 0.05) is 21.5 Å². The Morgan fingerprint density at radius 1 is 1.20 bits per heavy atom. The summed E-state index contributed by atoms with van der Waals surface area (Å²) in [6.45, 7) is 2.13. The molecule has 3 aromatic rings. The van der Waals surface area contributed by atoms with Gasteiger partial charge in [0.15, 0.2) is 0 Å². The van der Waals surface area contributed by atoms with Crippen molar-refractivity contribution in [2.45, 2.75) is 45.4 Å². The van der Waals surface area contributed by atoms with Gasteiger partial charge >= 0.3 is 0 Å². The minimum atomic E-state index is -0.471. The van der Waals surface area contributed by atoms with Crippen molar-refractivity contribution in [3.63, 3.8) is 0 Å². The largest absolute Gasteiger partial charge is 0.397 e. The molecule has 1 amide bonds. The Bertz CT molecular complexity index is 971. The van der Waals surface area contributed by atoms with E-state index < -0.39 is 5.91 Å². The van der Waals surface area contributed by atoms with E-state index >= 15 is 0 Å². The molecule has 1 aliphatic rings. The van der Waals surface area contributed by atoms with Crippen molar-refractivity contribution in [3.05, 3.63) is 33.1 Å². The lowest BCUT2D eigenvalue weighted by molar-refractivity contribution is 0.100. The third-order valence-corrected chi connectivity index (χ3v) is 7.11. The number of fused-ring (bicyclic) bond motifs is 2. The van der Waals surface area contributed by atoms with Crippen LogP contribution in [0.3, 0.4) is 0 Å². The van der Waals surface area contributed by atoms with E-state index in [0.29, 0.717) is 10.6 Å². The summed E-state index contributed by atoms with van der Waals surface area (Å²) in [6.07, 6.45) is 6.86. The summed E-state index contributed by atoms with van der Waals surface area (Å²) in [5.41, 5.74) is 17.3. The molecule has 1 aliphatic carbocycles. The van der Waals surface area contributed by atoms with Gasteiger partial charge in [0.05, 0.1) is 5.69 Å². The second-order valence-corrected chi connectivity index (χ2v) is 8.56. The molecule has 0 atom stereocenters. The van der Waals surface area contributed by atoms with E-state index in [1.165, 1.54) is 57.9 Å². The fraction of sp³-hybridized carbons (Fsp3) is 0.368. The molecule has 3 heterocycles. The van der Waals surface area contributed by atoms with Crippen molar-refractivity contribution in [2.24, 2.45) is 5.73 Å². The van der Waals surface area contributed by atoms with E-state index in [9.17, 15) is 4.79 Å². The quantitative estimate of drug-likeness (QED) is 0.686. The molecule has 25 heavy (non-hydrogen) atoms. The number of nitrogens with zero attached hydrogens (tertiary/aromatic N) is 1. The zero-order valence-corrected chi connectivity index (χ0v) is 15.9. The number of amides is 1. The molecule has 3 aromatic heterocycles. The maximum Gasteiger partial charge on any atom is 0.260 e. The number of hydrogen-bond donors (Lipinski definition) is 2. The summed E-state index contributed by atoms with van der Waals surface area (Å²) in [5, 5.41) is 3.03. The van der Waals surface area contributed by atoms with Gasteiger partial charge in [-0.05, 0) is 55.2 Å². The van der Waals surface area contributed by atoms with Crippen LogP contribution in [0, 0.1) is 6.92 Å². The molecule has 4 rings (SSSR count). The second-order valence-electron chi connectivity index (χ2n) is 6.65. The molecule has 0 bridgehead atoms. The van der Waals surface area contributed by atoms with E-state index in [-0.39, 0.29) is 0 Å². The molecule has 0 saturated carbocycles. The third-order valence-electron chi connectivity index (χ3n) is 4.97. The van der Waals surface area contributed by atoms with Gasteiger partial charge < -0.3 is 11.5 Å². The number of aromatic nitrogens is 1. The number of thiophene rings is 2. The number of nitrogens with two attached hydrogens (primary N) is 2. The van der Waals surface area contributed by atoms with Crippen molar-refractivity contribution in [1.29, 1.82) is 0 Å². The van der Waals surface area contributed by atoms with Gasteiger partial charge in [0.1, 0.15) is 9.71 Å². The number of anilines is 1. The van der Waals surface area contributed by atoms with Crippen LogP contribution < -0.4 is 11.5 Å². The Labute approximate surface area is 154 Å². The van der Waals surface area contributed by atoms with Gasteiger partial charge in [0.2, 0.25) is 0 Å². The first-order valence-corrected chi connectivity index (χ1v) is 10.4. The van der Waals surface area contributed by atoms with Crippen LogP contribution in [0.1, 0.15) is 52.2 Å². The highest BCUT2D eigenvalue weighted by atomic mass is 32.1. The molecule has 0 spiro atoms. The van der Waals surface area contributed by atoms with Crippen LogP contribution in [-0.4, -0.2) is 10.9 Å². The van der Waals surface area contributed by atoms with Gasteiger partial charge in [-0.25, -0.2) is 4.98 Å². The van der Waals surface area contributed by atoms with Crippen molar-refractivity contribution in [2.75, 3.05) is 5.73 Å². The van der Waals surface area contributed by atoms with Crippen molar-refractivity contribution in [1.82, 2.24) is 4.98 Å². The SMILES string of the molecule is Cc1ccsc1-c1c2c(nc3sc(C(N)=O)c(N)c13)CCCCCC2. The zero-order valence-electron chi connectivity index (χ0n) is 14.2. The number of hydrogen-bond acceptors (Lipinski definition) is 5. The summed E-state index contributed by atoms with van der Waals surface area (Å²) in [7, 11) is 0. The standard InChI is InChI=1S/C19H21N3OS2/c1-10-8-9-24-16(10)13-11-6-4-2-3-5-7-12(11)22-19-14(13)15(20)17(25-19)18(21)23/h8-9H,2-7,20H2,1H3,(H2,21,23). The monoisotopic (exact) mass is 371 g/mol. The minimum absolute atomic E-state index is 0.427. The first kappa shape index (κ1) is 16.5. The highest BCUT2D eigenvalue weighted by Crippen LogP contribution is 2.45. The predicted octanol–water partition coefficient (Wildman–Crippen LogP) is 4.67. The van der Waals surface area contributed by atoms with Gasteiger partial charge in [-0.3, -0.25) is 4.79 Å². The minimum Gasteiger partial charge on any atom is -0.397 e. The molecule has 0 fully saturated rings. The van der Waals surface area contributed by atoms with Crippen LogP contribution in [0.2, 0.25) is 0 Å². The molecular formula is C19H21N3OS2. The van der Waals surface area contributed by atoms with Crippen molar-refractivity contribution < 1.29 is 4.79 Å². The van der Waals surface area contributed by atoms with Crippen molar-refractivity contribution in [3.8, 4) is 10.4 Å². The van der Waals surface area contributed by atoms with E-state index in [4.69, 9.17) is 16.5 Å². The lowest BCUT2D eigenvalue weighted by atomic mass is 9.90. The first-order valence-electron chi connectivity index (χ1n) is 8.66. The molecule has 0 aromatic carbocycles. The number of carbonyl (C=O) groups excluding carboxylic acids is 1. The number of primary amides is 1. The van der Waals surface area contributed by atoms with Gasteiger partial charge in [-0.2, -0.15) is 0 Å². The second kappa shape index (κ2) is 6.42. The summed E-state index contributed by atoms with van der Waals surface area (Å²) in [5.74, 6) is -0.471. The van der Waals surface area contributed by atoms with Crippen LogP contribution in [-0.2, 0) is 12.8 Å². The van der Waals surface area contributed by atoms with Crippen LogP contribution in [0.25, 0.3) is 20.7 Å². The molecular weight excluding hydrogens is 350 g/mol. The van der Waals surface area contributed by atoms with E-state index in [0.717, 1.165) is 29.5 Å². The Morgan fingerprint density at radius 2 is 1.96 bits per heavy atom. The van der Waals surface area contributed by atoms with Crippen LogP contribution in [0.15, 0.2) is 11.4 Å². The molecule has 6 heteroatoms. The number of rotatable bonds is 2. The fourth-order valence-electron chi connectivity index (χ4n) is 3.72. The predicted molar refractivity (Wildman–Crippen MR) is 106 cm³/mol. The Hall–Kier alpha value is -1.92. The van der Waals surface area contributed by atoms with E-state index in [1.54, 1.807) is 11.3 Å². The number of nitrogen functional groups attached to an aromatic ring is 1. The summed E-state index contributed by atoms with van der Waals surface area (Å²) >= 11 is 3.06. The smallest absolute Gasteiger partial charge is 0.260 e. The average Bonchev–Trinajstić information content (AvgIpc) is 3.11. The maximum atomic E-state index is 11.8. The van der Waals surface area contributed by atoms with Crippen molar-refractivity contribution >= 4 is 44.5 Å². The average molecular weight is 372 g/mol. The molecule has 0 saturated heterocycles. The first-order chi connectivity index (χ1) is 12.1. The molecule has 4 N–H and O–H groups in total. The molecule has 0 radical (unpaired) electrons. The highest BCUT2D eigenvalue weighted by Gasteiger charge is 2.25. The molecule has 0 aliphatic heterocycles. The summed E-state index contributed by atoms with van der Waals surface area (Å²) < 4.78 is 0. The topological polar surface area (TPSA) is 82.0 Å². The van der Waals surface area contributed by atoms with E-state index in [1.807, 2.05) is 0 Å². The fourth-order valence-corrected chi connectivity index (χ4v) is 5.70. The zero-order chi connectivity index (χ0) is 17.6. The lowest BCUT2D eigenvalue weighted by Gasteiger charge is -2.18. The van der Waals surface area contributed by atoms with Crippen LogP contribution >= 0.6 is 22.7 Å². The molecule has 130 valence electrons. The molecule has 0 unspecified atom stereocenters. The Balaban J connectivity index is 2.11. The Morgan fingerprint density at radius 3 is 2.64 bits per heavy atom. The number of carbonyl (C=O) groups is 1. The number of aryl methyl sites for hydroxylation is 2. The Kier molecular flexibility index (Phi) is 4.25. The van der Waals surface area contributed by atoms with Gasteiger partial charge in [0.25, 0.3) is 5.91 Å².